The summed E-state index contributed by atoms with van der Waals surface area (Å²) in [4.78, 5) is 0. The summed E-state index contributed by atoms with van der Waals surface area (Å²) in [5, 5.41) is 6.15. The van der Waals surface area contributed by atoms with E-state index in [1.165, 1.54) is 60.8 Å². The average molecular weight is 577 g/mol. The van der Waals surface area contributed by atoms with Crippen LogP contribution in [0.4, 0.5) is 11.4 Å². The Hall–Kier alpha value is -5.86. The molecule has 0 aliphatic carbocycles. The average Bonchev–Trinajstić information content (AvgIpc) is 3.43. The molecule has 0 atom stereocenters. The molecule has 0 aliphatic rings. The minimum absolute atomic E-state index is 1.07. The molecule has 0 radical (unpaired) electrons. The predicted molar refractivity (Wildman–Crippen MR) is 192 cm³/mol. The smallest absolute Gasteiger partial charge is 0.0541 e. The second-order valence-electron chi connectivity index (χ2n) is 11.6. The van der Waals surface area contributed by atoms with Gasteiger partial charge in [-0.2, -0.15) is 0 Å². The van der Waals surface area contributed by atoms with Gasteiger partial charge in [0.25, 0.3) is 0 Å². The van der Waals surface area contributed by atoms with E-state index in [4.69, 9.17) is 0 Å². The van der Waals surface area contributed by atoms with Crippen molar-refractivity contribution in [3.05, 3.63) is 175 Å². The fourth-order valence-corrected chi connectivity index (χ4v) is 6.37. The van der Waals surface area contributed by atoms with Crippen LogP contribution in [0.15, 0.2) is 170 Å². The van der Waals surface area contributed by atoms with Crippen LogP contribution < -0.4 is 5.32 Å². The molecule has 8 aromatic rings. The van der Waals surface area contributed by atoms with Crippen molar-refractivity contribution < 1.29 is 0 Å². The van der Waals surface area contributed by atoms with Crippen LogP contribution in [0.1, 0.15) is 5.56 Å². The van der Waals surface area contributed by atoms with Crippen LogP contribution in [0.3, 0.4) is 0 Å². The molecule has 8 rings (SSSR count). The molecule has 214 valence electrons. The number of para-hydroxylation sites is 2. The lowest BCUT2D eigenvalue weighted by Crippen LogP contribution is -1.95. The topological polar surface area (TPSA) is 17.0 Å². The van der Waals surface area contributed by atoms with Crippen LogP contribution in [-0.4, -0.2) is 4.57 Å². The van der Waals surface area contributed by atoms with Crippen molar-refractivity contribution in [1.29, 1.82) is 0 Å². The maximum atomic E-state index is 3.65. The van der Waals surface area contributed by atoms with E-state index in [2.05, 4.69) is 181 Å². The van der Waals surface area contributed by atoms with E-state index >= 15 is 0 Å². The van der Waals surface area contributed by atoms with Crippen LogP contribution in [0.2, 0.25) is 0 Å². The highest BCUT2D eigenvalue weighted by Crippen LogP contribution is 2.38. The molecule has 0 unspecified atom stereocenters. The van der Waals surface area contributed by atoms with Crippen LogP contribution >= 0.6 is 0 Å². The van der Waals surface area contributed by atoms with Crippen molar-refractivity contribution in [2.75, 3.05) is 5.32 Å². The van der Waals surface area contributed by atoms with E-state index in [9.17, 15) is 0 Å². The number of hydrogen-bond acceptors (Lipinski definition) is 1. The van der Waals surface area contributed by atoms with Crippen LogP contribution in [-0.2, 0) is 0 Å². The van der Waals surface area contributed by atoms with Crippen LogP contribution in [0.5, 0.6) is 0 Å². The molecule has 0 saturated carbocycles. The highest BCUT2D eigenvalue weighted by Gasteiger charge is 2.15. The van der Waals surface area contributed by atoms with Gasteiger partial charge in [-0.3, -0.25) is 0 Å². The van der Waals surface area contributed by atoms with Crippen molar-refractivity contribution in [3.8, 4) is 39.1 Å². The molecular formula is C43H32N2. The molecule has 0 fully saturated rings. The monoisotopic (exact) mass is 576 g/mol. The molecule has 0 bridgehead atoms. The van der Waals surface area contributed by atoms with Crippen molar-refractivity contribution in [2.24, 2.45) is 0 Å². The number of hydrogen-bond donors (Lipinski definition) is 1. The number of nitrogens with zero attached hydrogens (tertiary/aromatic N) is 1. The van der Waals surface area contributed by atoms with Gasteiger partial charge in [0.2, 0.25) is 0 Å². The number of rotatable bonds is 6. The lowest BCUT2D eigenvalue weighted by atomic mass is 9.96. The van der Waals surface area contributed by atoms with E-state index in [1.54, 1.807) is 0 Å². The maximum Gasteiger partial charge on any atom is 0.0541 e. The van der Waals surface area contributed by atoms with Gasteiger partial charge in [-0.15, -0.1) is 0 Å². The summed E-state index contributed by atoms with van der Waals surface area (Å²) in [6.45, 7) is 2.13. The zero-order valence-corrected chi connectivity index (χ0v) is 25.1. The molecule has 2 heteroatoms. The van der Waals surface area contributed by atoms with E-state index in [0.29, 0.717) is 0 Å². The lowest BCUT2D eigenvalue weighted by molar-refractivity contribution is 1.18. The minimum atomic E-state index is 1.07. The fourth-order valence-electron chi connectivity index (χ4n) is 6.37. The fraction of sp³-hybridized carbons (Fsp3) is 0.0233. The normalized spacial score (nSPS) is 11.2. The summed E-state index contributed by atoms with van der Waals surface area (Å²) >= 11 is 0. The van der Waals surface area contributed by atoms with E-state index in [-0.39, 0.29) is 0 Å². The quantitative estimate of drug-likeness (QED) is 0.208. The summed E-state index contributed by atoms with van der Waals surface area (Å²) in [5.41, 5.74) is 14.2. The third-order valence-electron chi connectivity index (χ3n) is 8.65. The highest BCUT2D eigenvalue weighted by molar-refractivity contribution is 6.10. The Kier molecular flexibility index (Phi) is 6.73. The standard InChI is InChI=1S/C43H32N2/c1-30-19-21-32(22-20-30)39-28-34(23-25-41(39)44-36-14-6-3-7-15-36)35-24-26-43-40(29-35)38-17-8-9-18-42(38)45(43)37-16-10-13-33(27-37)31-11-4-2-5-12-31/h2-29,44H,1H3. The summed E-state index contributed by atoms with van der Waals surface area (Å²) < 4.78 is 2.39. The molecule has 2 nitrogen and oxygen atoms in total. The Balaban J connectivity index is 1.26. The molecule has 1 heterocycles. The molecule has 0 saturated heterocycles. The molecular weight excluding hydrogens is 544 g/mol. The van der Waals surface area contributed by atoms with E-state index < -0.39 is 0 Å². The van der Waals surface area contributed by atoms with Gasteiger partial charge in [0, 0.05) is 33.4 Å². The molecule has 45 heavy (non-hydrogen) atoms. The van der Waals surface area contributed by atoms with Gasteiger partial charge in [-0.1, -0.05) is 121 Å². The first-order valence-corrected chi connectivity index (χ1v) is 15.4. The van der Waals surface area contributed by atoms with Crippen LogP contribution in [0, 0.1) is 6.92 Å². The Morgan fingerprint density at radius 3 is 1.87 bits per heavy atom. The van der Waals surface area contributed by atoms with Crippen molar-refractivity contribution >= 4 is 33.2 Å². The number of benzene rings is 7. The second kappa shape index (κ2) is 11.3. The van der Waals surface area contributed by atoms with Gasteiger partial charge < -0.3 is 9.88 Å². The summed E-state index contributed by atoms with van der Waals surface area (Å²) in [7, 11) is 0. The molecule has 0 amide bonds. The first-order valence-electron chi connectivity index (χ1n) is 15.4. The number of fused-ring (bicyclic) bond motifs is 3. The third-order valence-corrected chi connectivity index (χ3v) is 8.65. The Morgan fingerprint density at radius 1 is 0.422 bits per heavy atom. The van der Waals surface area contributed by atoms with E-state index in [1.807, 2.05) is 6.07 Å². The van der Waals surface area contributed by atoms with Crippen molar-refractivity contribution in [3.63, 3.8) is 0 Å². The van der Waals surface area contributed by atoms with Gasteiger partial charge >= 0.3 is 0 Å². The van der Waals surface area contributed by atoms with Crippen molar-refractivity contribution in [1.82, 2.24) is 4.57 Å². The SMILES string of the molecule is Cc1ccc(-c2cc(-c3ccc4c(c3)c3ccccc3n4-c3cccc(-c4ccccc4)c3)ccc2Nc2ccccc2)cc1. The number of nitrogens with one attached hydrogen (secondary N) is 1. The molecule has 1 aromatic heterocycles. The van der Waals surface area contributed by atoms with Crippen LogP contribution in [0.25, 0.3) is 60.9 Å². The zero-order chi connectivity index (χ0) is 30.2. The van der Waals surface area contributed by atoms with E-state index in [0.717, 1.165) is 17.1 Å². The lowest BCUT2D eigenvalue weighted by Gasteiger charge is -2.15. The van der Waals surface area contributed by atoms with Gasteiger partial charge in [-0.05, 0) is 89.3 Å². The molecule has 1 N–H and O–H groups in total. The number of aryl methyl sites for hydroxylation is 1. The molecule has 0 aliphatic heterocycles. The summed E-state index contributed by atoms with van der Waals surface area (Å²) in [6, 6.07) is 61.0. The summed E-state index contributed by atoms with van der Waals surface area (Å²) in [6.07, 6.45) is 0. The predicted octanol–water partition coefficient (Wildman–Crippen LogP) is 11.8. The minimum Gasteiger partial charge on any atom is -0.355 e. The largest absolute Gasteiger partial charge is 0.355 e. The van der Waals surface area contributed by atoms with Gasteiger partial charge in [-0.25, -0.2) is 0 Å². The van der Waals surface area contributed by atoms with Gasteiger partial charge in [0.1, 0.15) is 0 Å². The first kappa shape index (κ1) is 26.7. The maximum absolute atomic E-state index is 3.65. The number of anilines is 2. The Bertz CT molecular complexity index is 2280. The highest BCUT2D eigenvalue weighted by atomic mass is 15.0. The molecule has 0 spiro atoms. The Morgan fingerprint density at radius 2 is 1.04 bits per heavy atom. The first-order chi connectivity index (χ1) is 22.2. The second-order valence-corrected chi connectivity index (χ2v) is 11.6. The Labute approximate surface area is 263 Å². The van der Waals surface area contributed by atoms with Crippen molar-refractivity contribution in [2.45, 2.75) is 6.92 Å². The molecule has 7 aromatic carbocycles. The third kappa shape index (κ3) is 5.07. The van der Waals surface area contributed by atoms with Gasteiger partial charge in [0.05, 0.1) is 11.0 Å². The zero-order valence-electron chi connectivity index (χ0n) is 25.1. The van der Waals surface area contributed by atoms with Gasteiger partial charge in [0.15, 0.2) is 0 Å². The number of aromatic nitrogens is 1. The summed E-state index contributed by atoms with van der Waals surface area (Å²) in [5.74, 6) is 0.